The largest absolute Gasteiger partial charge is 0.465 e. The maximum absolute atomic E-state index is 14.7. The summed E-state index contributed by atoms with van der Waals surface area (Å²) in [5.74, 6) is -3.30. The maximum atomic E-state index is 14.7. The standard InChI is InChI=1S/C31H39ClN2O6/c1-5-19(2)22(18-35)34-26-28(37)33(25-20(3)12-10-13-21(25)32)16-11-15-31(26)23(27(34)36)24-29(38)39-17-9-7-6-8-14-30(24,4)40-31/h8,10-15,19,22-24,26,35H,5-7,9,16-18H2,1-4H3/b14-8-/t19-,22-,23-,24-,26?,30+,31-/m0/s1. The van der Waals surface area contributed by atoms with Crippen molar-refractivity contribution in [3.05, 3.63) is 53.1 Å². The molecule has 0 bridgehead atoms. The molecule has 1 spiro atoms. The van der Waals surface area contributed by atoms with Crippen LogP contribution >= 0.6 is 11.6 Å². The number of cyclic esters (lactones) is 1. The number of fused-ring (bicyclic) bond motifs is 2. The van der Waals surface area contributed by atoms with Gasteiger partial charge in [0.2, 0.25) is 5.91 Å². The smallest absolute Gasteiger partial charge is 0.313 e. The SMILES string of the molecule is CC[C@H](C)[C@H](CO)N1C(=O)[C@@H]2[C@H]3C(=O)OCCCC/C=C\[C@@]3(C)O[C@@]23C=CCN(c2c(C)cccc2Cl)C(=O)C13. The van der Waals surface area contributed by atoms with Gasteiger partial charge < -0.3 is 24.4 Å². The van der Waals surface area contributed by atoms with Gasteiger partial charge in [-0.3, -0.25) is 14.4 Å². The van der Waals surface area contributed by atoms with Crippen molar-refractivity contribution in [2.24, 2.45) is 17.8 Å². The molecule has 2 saturated heterocycles. The molecule has 216 valence electrons. The molecule has 2 amide bonds. The Balaban J connectivity index is 1.71. The molecule has 1 aromatic rings. The van der Waals surface area contributed by atoms with Crippen LogP contribution in [-0.2, 0) is 23.9 Å². The number of aryl methyl sites for hydroxylation is 1. The first-order chi connectivity index (χ1) is 19.1. The number of hydrogen-bond acceptors (Lipinski definition) is 6. The highest BCUT2D eigenvalue weighted by atomic mass is 35.5. The van der Waals surface area contributed by atoms with Crippen molar-refractivity contribution in [3.63, 3.8) is 0 Å². The van der Waals surface area contributed by atoms with Gasteiger partial charge in [-0.25, -0.2) is 0 Å². The highest BCUT2D eigenvalue weighted by molar-refractivity contribution is 6.34. The van der Waals surface area contributed by atoms with Crippen LogP contribution in [0.5, 0.6) is 0 Å². The first-order valence-electron chi connectivity index (χ1n) is 14.3. The molecule has 5 rings (SSSR count). The fourth-order valence-corrected chi connectivity index (χ4v) is 7.40. The number of allylic oxidation sites excluding steroid dienone is 1. The molecular formula is C31H39ClN2O6. The molecule has 9 heteroatoms. The molecule has 1 unspecified atom stereocenters. The molecule has 40 heavy (non-hydrogen) atoms. The van der Waals surface area contributed by atoms with E-state index in [4.69, 9.17) is 21.1 Å². The van der Waals surface area contributed by atoms with E-state index in [1.807, 2.05) is 51.1 Å². The van der Waals surface area contributed by atoms with E-state index in [9.17, 15) is 19.5 Å². The van der Waals surface area contributed by atoms with Gasteiger partial charge in [-0.15, -0.1) is 0 Å². The van der Waals surface area contributed by atoms with Crippen molar-refractivity contribution in [3.8, 4) is 0 Å². The van der Waals surface area contributed by atoms with Crippen LogP contribution in [0.25, 0.3) is 0 Å². The number of benzene rings is 1. The lowest BCUT2D eigenvalue weighted by molar-refractivity contribution is -0.160. The number of rotatable bonds is 5. The molecule has 2 fully saturated rings. The van der Waals surface area contributed by atoms with Gasteiger partial charge in [0.05, 0.1) is 41.5 Å². The Labute approximate surface area is 240 Å². The molecule has 1 N–H and O–H groups in total. The molecule has 4 heterocycles. The summed E-state index contributed by atoms with van der Waals surface area (Å²) in [4.78, 5) is 46.1. The monoisotopic (exact) mass is 570 g/mol. The molecule has 0 radical (unpaired) electrons. The van der Waals surface area contributed by atoms with Crippen molar-refractivity contribution in [1.29, 1.82) is 0 Å². The van der Waals surface area contributed by atoms with Gasteiger partial charge in [0, 0.05) is 6.54 Å². The highest BCUT2D eigenvalue weighted by Crippen LogP contribution is 2.58. The number of esters is 1. The topological polar surface area (TPSA) is 96.4 Å². The van der Waals surface area contributed by atoms with Crippen LogP contribution in [0.3, 0.4) is 0 Å². The number of aliphatic hydroxyl groups excluding tert-OH is 1. The summed E-state index contributed by atoms with van der Waals surface area (Å²) in [6.07, 6.45) is 10.6. The summed E-state index contributed by atoms with van der Waals surface area (Å²) in [6.45, 7) is 7.78. The van der Waals surface area contributed by atoms with E-state index in [-0.39, 0.29) is 37.5 Å². The van der Waals surface area contributed by atoms with E-state index in [2.05, 4.69) is 0 Å². The van der Waals surface area contributed by atoms with E-state index in [1.165, 1.54) is 4.90 Å². The Bertz CT molecular complexity index is 1230. The van der Waals surface area contributed by atoms with Crippen LogP contribution in [0.2, 0.25) is 5.02 Å². The molecule has 0 aromatic heterocycles. The first-order valence-corrected chi connectivity index (χ1v) is 14.7. The highest BCUT2D eigenvalue weighted by Gasteiger charge is 2.75. The van der Waals surface area contributed by atoms with E-state index in [1.54, 1.807) is 24.0 Å². The molecule has 0 saturated carbocycles. The van der Waals surface area contributed by atoms with Crippen LogP contribution in [0.1, 0.15) is 52.0 Å². The van der Waals surface area contributed by atoms with E-state index < -0.39 is 41.1 Å². The Morgan fingerprint density at radius 1 is 1.12 bits per heavy atom. The zero-order chi connectivity index (χ0) is 28.8. The molecular weight excluding hydrogens is 532 g/mol. The second-order valence-electron chi connectivity index (χ2n) is 11.7. The third-order valence-corrected chi connectivity index (χ3v) is 9.55. The zero-order valence-electron chi connectivity index (χ0n) is 23.6. The molecule has 4 aliphatic rings. The van der Waals surface area contributed by atoms with Crippen LogP contribution < -0.4 is 4.90 Å². The van der Waals surface area contributed by atoms with Crippen molar-refractivity contribution < 1.29 is 29.0 Å². The van der Waals surface area contributed by atoms with Crippen LogP contribution in [0, 0.1) is 24.7 Å². The van der Waals surface area contributed by atoms with Crippen molar-refractivity contribution >= 4 is 35.1 Å². The second-order valence-corrected chi connectivity index (χ2v) is 12.1. The number of halogens is 1. The van der Waals surface area contributed by atoms with Gasteiger partial charge in [0.25, 0.3) is 5.91 Å². The predicted molar refractivity (Wildman–Crippen MR) is 152 cm³/mol. The van der Waals surface area contributed by atoms with Gasteiger partial charge >= 0.3 is 5.97 Å². The van der Waals surface area contributed by atoms with Crippen molar-refractivity contribution in [2.45, 2.75) is 76.7 Å². The summed E-state index contributed by atoms with van der Waals surface area (Å²) in [7, 11) is 0. The van der Waals surface area contributed by atoms with E-state index in [0.29, 0.717) is 17.1 Å². The van der Waals surface area contributed by atoms with Crippen molar-refractivity contribution in [2.75, 3.05) is 24.7 Å². The average Bonchev–Trinajstić information content (AvgIpc) is 3.25. The Morgan fingerprint density at radius 3 is 2.60 bits per heavy atom. The molecule has 7 atom stereocenters. The zero-order valence-corrected chi connectivity index (χ0v) is 24.4. The van der Waals surface area contributed by atoms with Crippen molar-refractivity contribution in [1.82, 2.24) is 4.90 Å². The number of carbonyl (C=O) groups excluding carboxylic acids is 3. The normalized spacial score (nSPS) is 34.5. The first kappa shape index (κ1) is 28.8. The third-order valence-electron chi connectivity index (χ3n) is 9.24. The fourth-order valence-electron chi connectivity index (χ4n) is 7.07. The average molecular weight is 571 g/mol. The third kappa shape index (κ3) is 4.39. The van der Waals surface area contributed by atoms with E-state index in [0.717, 1.165) is 24.8 Å². The Morgan fingerprint density at radius 2 is 1.90 bits per heavy atom. The minimum absolute atomic E-state index is 0.109. The second kappa shape index (κ2) is 11.0. The van der Waals surface area contributed by atoms with Crippen LogP contribution in [0.4, 0.5) is 5.69 Å². The van der Waals surface area contributed by atoms with Gasteiger partial charge in [0.1, 0.15) is 17.6 Å². The van der Waals surface area contributed by atoms with E-state index >= 15 is 0 Å². The number of amides is 2. The molecule has 4 aliphatic heterocycles. The number of aliphatic hydroxyl groups is 1. The van der Waals surface area contributed by atoms with Gasteiger partial charge in [-0.1, -0.05) is 68.3 Å². The Hall–Kier alpha value is -2.68. The lowest BCUT2D eigenvalue weighted by Crippen LogP contribution is -2.60. The quantitative estimate of drug-likeness (QED) is 0.421. The summed E-state index contributed by atoms with van der Waals surface area (Å²) in [6, 6.07) is 3.69. The minimum Gasteiger partial charge on any atom is -0.465 e. The number of carbonyl (C=O) groups is 3. The summed E-state index contributed by atoms with van der Waals surface area (Å²) >= 11 is 6.63. The summed E-state index contributed by atoms with van der Waals surface area (Å²) < 4.78 is 12.6. The number of hydrogen-bond donors (Lipinski definition) is 1. The predicted octanol–water partition coefficient (Wildman–Crippen LogP) is 4.21. The van der Waals surface area contributed by atoms with Gasteiger partial charge in [-0.05, 0) is 50.7 Å². The lowest BCUT2D eigenvalue weighted by atomic mass is 9.74. The number of para-hydroxylation sites is 1. The number of nitrogens with zero attached hydrogens (tertiary/aromatic N) is 2. The van der Waals surface area contributed by atoms with Crippen LogP contribution in [0.15, 0.2) is 42.5 Å². The fraction of sp³-hybridized carbons (Fsp3) is 0.581. The Kier molecular flexibility index (Phi) is 7.89. The molecule has 0 aliphatic carbocycles. The summed E-state index contributed by atoms with van der Waals surface area (Å²) in [5, 5.41) is 11.0. The lowest BCUT2D eigenvalue weighted by Gasteiger charge is -2.41. The van der Waals surface area contributed by atoms with Crippen LogP contribution in [-0.4, -0.2) is 70.8 Å². The minimum atomic E-state index is -1.43. The van der Waals surface area contributed by atoms with Gasteiger partial charge in [0.15, 0.2) is 0 Å². The maximum Gasteiger partial charge on any atom is 0.313 e. The molecule has 8 nitrogen and oxygen atoms in total. The van der Waals surface area contributed by atoms with Gasteiger partial charge in [-0.2, -0.15) is 0 Å². The number of likely N-dealkylation sites (tertiary alicyclic amines) is 1. The number of ether oxygens (including phenoxy) is 2. The number of anilines is 1. The molecule has 1 aromatic carbocycles. The summed E-state index contributed by atoms with van der Waals surface area (Å²) in [5.41, 5.74) is -1.21.